The van der Waals surface area contributed by atoms with Crippen LogP contribution >= 0.6 is 12.4 Å². The van der Waals surface area contributed by atoms with E-state index >= 15 is 0 Å². The summed E-state index contributed by atoms with van der Waals surface area (Å²) in [5, 5.41) is 3.01. The molecule has 3 N–H and O–H groups in total. The van der Waals surface area contributed by atoms with Crippen molar-refractivity contribution in [1.29, 1.82) is 0 Å². The molecule has 0 aromatic rings. The molecule has 2 unspecified atom stereocenters. The number of halogens is 3. The molecule has 2 bridgehead atoms. The van der Waals surface area contributed by atoms with Crippen molar-refractivity contribution in [1.82, 2.24) is 9.62 Å². The smallest absolute Gasteiger partial charge is 0.350 e. The summed E-state index contributed by atoms with van der Waals surface area (Å²) in [5.74, 6) is -2.26. The second kappa shape index (κ2) is 9.33. The fourth-order valence-electron chi connectivity index (χ4n) is 4.87. The molecule has 2 aliphatic carbocycles. The van der Waals surface area contributed by atoms with Crippen molar-refractivity contribution in [2.45, 2.75) is 56.7 Å². The summed E-state index contributed by atoms with van der Waals surface area (Å²) in [6.45, 7) is 0.671. The maximum atomic E-state index is 12.6. The molecule has 3 rings (SSSR count). The van der Waals surface area contributed by atoms with Crippen LogP contribution in [0.5, 0.6) is 0 Å². The van der Waals surface area contributed by atoms with Gasteiger partial charge in [0, 0.05) is 31.6 Å². The molecule has 1 aliphatic heterocycles. The van der Waals surface area contributed by atoms with Gasteiger partial charge in [0.15, 0.2) is 0 Å². The van der Waals surface area contributed by atoms with Gasteiger partial charge in [0.1, 0.15) is 0 Å². The van der Waals surface area contributed by atoms with Crippen LogP contribution in [0.25, 0.3) is 0 Å². The lowest BCUT2D eigenvalue weighted by molar-refractivity contribution is -0.128. The largest absolute Gasteiger partial charge is 0.356 e. The van der Waals surface area contributed by atoms with E-state index in [1.165, 1.54) is 6.42 Å². The third-order valence-corrected chi connectivity index (χ3v) is 8.04. The Morgan fingerprint density at radius 1 is 1.11 bits per heavy atom. The van der Waals surface area contributed by atoms with E-state index in [0.717, 1.165) is 30.0 Å². The second-order valence-corrected chi connectivity index (χ2v) is 9.99. The standard InChI is InChI=1S/C17H29F2N3O3S.ClH/c18-17(19)26(24,25)22-6-4-11(5-7-22)10-21-16(23)14-8-12-2-1-3-13(9-14)15(12)20;/h11-15,17H,1-10,20H2,(H,21,23);1H. The number of carbonyl (C=O) groups is 1. The lowest BCUT2D eigenvalue weighted by Crippen LogP contribution is -2.49. The van der Waals surface area contributed by atoms with E-state index in [1.807, 2.05) is 0 Å². The lowest BCUT2D eigenvalue weighted by atomic mass is 9.65. The summed E-state index contributed by atoms with van der Waals surface area (Å²) in [4.78, 5) is 12.5. The zero-order valence-electron chi connectivity index (χ0n) is 15.4. The number of nitrogens with zero attached hydrogens (tertiary/aromatic N) is 1. The van der Waals surface area contributed by atoms with Gasteiger partial charge in [-0.05, 0) is 56.3 Å². The number of hydrogen-bond acceptors (Lipinski definition) is 4. The van der Waals surface area contributed by atoms with Crippen molar-refractivity contribution in [3.05, 3.63) is 0 Å². The molecule has 0 radical (unpaired) electrons. The number of carbonyl (C=O) groups excluding carboxylic acids is 1. The lowest BCUT2D eigenvalue weighted by Gasteiger charge is -2.43. The molecule has 1 heterocycles. The van der Waals surface area contributed by atoms with Crippen LogP contribution in [-0.2, 0) is 14.8 Å². The van der Waals surface area contributed by atoms with Gasteiger partial charge in [-0.25, -0.2) is 8.42 Å². The molecule has 158 valence electrons. The quantitative estimate of drug-likeness (QED) is 0.698. The van der Waals surface area contributed by atoms with Gasteiger partial charge in [0.25, 0.3) is 10.0 Å². The van der Waals surface area contributed by atoms with E-state index in [0.29, 0.717) is 31.2 Å². The Hall–Kier alpha value is -0.510. The predicted molar refractivity (Wildman–Crippen MR) is 101 cm³/mol. The van der Waals surface area contributed by atoms with Crippen molar-refractivity contribution >= 4 is 28.3 Å². The number of piperidine rings is 1. The van der Waals surface area contributed by atoms with Crippen molar-refractivity contribution in [2.75, 3.05) is 19.6 Å². The van der Waals surface area contributed by atoms with Crippen LogP contribution in [-0.4, -0.2) is 50.1 Å². The van der Waals surface area contributed by atoms with Gasteiger partial charge in [-0.1, -0.05) is 6.42 Å². The minimum Gasteiger partial charge on any atom is -0.356 e. The van der Waals surface area contributed by atoms with E-state index in [1.54, 1.807) is 0 Å². The van der Waals surface area contributed by atoms with Crippen molar-refractivity contribution in [3.8, 4) is 0 Å². The second-order valence-electron chi connectivity index (χ2n) is 8.09. The molecular weight excluding hydrogens is 400 g/mol. The van der Waals surface area contributed by atoms with E-state index in [-0.39, 0.29) is 49.3 Å². The van der Waals surface area contributed by atoms with E-state index in [4.69, 9.17) is 5.73 Å². The van der Waals surface area contributed by atoms with Crippen LogP contribution in [0.15, 0.2) is 0 Å². The van der Waals surface area contributed by atoms with Gasteiger partial charge in [-0.3, -0.25) is 4.79 Å². The Kier molecular flexibility index (Phi) is 7.87. The van der Waals surface area contributed by atoms with Crippen molar-refractivity contribution in [3.63, 3.8) is 0 Å². The number of rotatable bonds is 5. The first kappa shape index (κ1) is 22.8. The van der Waals surface area contributed by atoms with Crippen LogP contribution in [0.4, 0.5) is 8.78 Å². The summed E-state index contributed by atoms with van der Waals surface area (Å²) < 4.78 is 49.0. The van der Waals surface area contributed by atoms with Crippen molar-refractivity contribution < 1.29 is 22.0 Å². The van der Waals surface area contributed by atoms with Gasteiger partial charge in [-0.2, -0.15) is 13.1 Å². The Morgan fingerprint density at radius 3 is 2.19 bits per heavy atom. The highest BCUT2D eigenvalue weighted by molar-refractivity contribution is 7.89. The van der Waals surface area contributed by atoms with Gasteiger partial charge in [0.2, 0.25) is 5.91 Å². The number of nitrogens with one attached hydrogen (secondary N) is 1. The first-order valence-electron chi connectivity index (χ1n) is 9.59. The average Bonchev–Trinajstić information content (AvgIpc) is 2.59. The van der Waals surface area contributed by atoms with Gasteiger partial charge < -0.3 is 11.1 Å². The molecule has 10 heteroatoms. The number of alkyl halides is 2. The summed E-state index contributed by atoms with van der Waals surface area (Å²) in [7, 11) is -4.49. The normalized spacial score (nSPS) is 32.7. The summed E-state index contributed by atoms with van der Waals surface area (Å²) in [5.41, 5.74) is 6.27. The van der Waals surface area contributed by atoms with E-state index in [2.05, 4.69) is 5.32 Å². The number of fused-ring (bicyclic) bond motifs is 2. The fraction of sp³-hybridized carbons (Fsp3) is 0.941. The number of amides is 1. The van der Waals surface area contributed by atoms with Crippen LogP contribution in [0.3, 0.4) is 0 Å². The minimum atomic E-state index is -4.49. The van der Waals surface area contributed by atoms with Crippen LogP contribution in [0.1, 0.15) is 44.9 Å². The highest BCUT2D eigenvalue weighted by Gasteiger charge is 2.40. The third kappa shape index (κ3) is 5.10. The maximum absolute atomic E-state index is 12.6. The van der Waals surface area contributed by atoms with Crippen LogP contribution < -0.4 is 11.1 Å². The molecule has 0 aromatic carbocycles. The highest BCUT2D eigenvalue weighted by atomic mass is 35.5. The zero-order valence-corrected chi connectivity index (χ0v) is 17.0. The molecular formula is C17H30ClF2N3O3S. The topological polar surface area (TPSA) is 92.5 Å². The monoisotopic (exact) mass is 429 g/mol. The molecule has 27 heavy (non-hydrogen) atoms. The maximum Gasteiger partial charge on any atom is 0.350 e. The summed E-state index contributed by atoms with van der Waals surface area (Å²) in [6.07, 6.45) is 6.12. The Bertz CT molecular complexity index is 601. The van der Waals surface area contributed by atoms with Crippen LogP contribution in [0, 0.1) is 23.7 Å². The SMILES string of the molecule is Cl.NC1C2CCCC1CC(C(=O)NCC1CCN(S(=O)(=O)C(F)F)CC1)C2. The Morgan fingerprint density at radius 2 is 1.67 bits per heavy atom. The molecule has 1 saturated heterocycles. The number of hydrogen-bond donors (Lipinski definition) is 2. The molecule has 6 nitrogen and oxygen atoms in total. The fourth-order valence-corrected chi connectivity index (χ4v) is 5.82. The van der Waals surface area contributed by atoms with Crippen molar-refractivity contribution in [2.24, 2.45) is 29.4 Å². The van der Waals surface area contributed by atoms with E-state index in [9.17, 15) is 22.0 Å². The average molecular weight is 430 g/mol. The third-order valence-electron chi connectivity index (χ3n) is 6.51. The number of sulfonamides is 1. The highest BCUT2D eigenvalue weighted by Crippen LogP contribution is 2.41. The molecule has 2 atom stereocenters. The van der Waals surface area contributed by atoms with Gasteiger partial charge in [0.05, 0.1) is 0 Å². The van der Waals surface area contributed by atoms with Crippen LogP contribution in [0.2, 0.25) is 0 Å². The summed E-state index contributed by atoms with van der Waals surface area (Å²) in [6, 6.07) is 0.230. The molecule has 3 aliphatic rings. The first-order chi connectivity index (χ1) is 12.3. The van der Waals surface area contributed by atoms with Gasteiger partial charge in [-0.15, -0.1) is 12.4 Å². The number of nitrogens with two attached hydrogens (primary N) is 1. The van der Waals surface area contributed by atoms with E-state index < -0.39 is 15.8 Å². The molecule has 0 spiro atoms. The Labute approximate surface area is 166 Å². The molecule has 0 aromatic heterocycles. The zero-order chi connectivity index (χ0) is 18.9. The molecule has 1 amide bonds. The molecule has 2 saturated carbocycles. The Balaban J connectivity index is 0.00000261. The summed E-state index contributed by atoms with van der Waals surface area (Å²) >= 11 is 0. The first-order valence-corrected chi connectivity index (χ1v) is 11.1. The minimum absolute atomic E-state index is 0. The predicted octanol–water partition coefficient (Wildman–Crippen LogP) is 1.94. The molecule has 3 fully saturated rings. The van der Waals surface area contributed by atoms with Gasteiger partial charge >= 0.3 is 5.76 Å².